The van der Waals surface area contributed by atoms with Gasteiger partial charge in [-0.05, 0) is 48.7 Å². The van der Waals surface area contributed by atoms with Crippen LogP contribution < -0.4 is 5.32 Å². The number of nitrogens with zero attached hydrogens (tertiary/aromatic N) is 1. The molecule has 3 aromatic rings. The number of carbonyl (C=O) groups excluding carboxylic acids is 1. The van der Waals surface area contributed by atoms with Gasteiger partial charge in [-0.2, -0.15) is 4.31 Å². The van der Waals surface area contributed by atoms with Gasteiger partial charge in [-0.1, -0.05) is 67.1 Å². The second-order valence-corrected chi connectivity index (χ2v) is 10.3. The number of benzene rings is 3. The first-order chi connectivity index (χ1) is 17.2. The highest BCUT2D eigenvalue weighted by Gasteiger charge is 2.32. The molecule has 3 rings (SSSR count). The van der Waals surface area contributed by atoms with E-state index in [0.717, 1.165) is 11.1 Å². The highest BCUT2D eigenvalue weighted by atomic mass is 32.2. The van der Waals surface area contributed by atoms with Crippen LogP contribution in [0.5, 0.6) is 0 Å². The molecule has 0 aliphatic heterocycles. The Labute approximate surface area is 211 Å². The van der Waals surface area contributed by atoms with Crippen LogP contribution in [-0.4, -0.2) is 47.5 Å². The largest absolute Gasteiger partial charge is 0.480 e. The fraction of sp³-hybridized carbons (Fsp3) is 0.259. The summed E-state index contributed by atoms with van der Waals surface area (Å²) in [6, 6.07) is 20.6. The lowest BCUT2D eigenvalue weighted by Gasteiger charge is -2.31. The number of nitrogens with one attached hydrogen (secondary N) is 1. The van der Waals surface area contributed by atoms with Gasteiger partial charge in [-0.3, -0.25) is 4.79 Å². The number of rotatable bonds is 11. The molecule has 8 nitrogen and oxygen atoms in total. The fourth-order valence-corrected chi connectivity index (χ4v) is 5.53. The van der Waals surface area contributed by atoms with Crippen LogP contribution in [0.25, 0.3) is 0 Å². The number of sulfonamides is 1. The Balaban J connectivity index is 1.94. The second kappa shape index (κ2) is 11.9. The molecule has 1 unspecified atom stereocenters. The van der Waals surface area contributed by atoms with Crippen molar-refractivity contribution in [1.29, 1.82) is 0 Å². The van der Waals surface area contributed by atoms with Gasteiger partial charge in [0.15, 0.2) is 6.04 Å². The van der Waals surface area contributed by atoms with Crippen molar-refractivity contribution in [2.45, 2.75) is 43.8 Å². The molecule has 190 valence electrons. The van der Waals surface area contributed by atoms with Crippen LogP contribution in [0.3, 0.4) is 0 Å². The van der Waals surface area contributed by atoms with Gasteiger partial charge >= 0.3 is 5.97 Å². The van der Waals surface area contributed by atoms with Gasteiger partial charge in [0.25, 0.3) is 5.91 Å². The molecule has 3 aromatic carbocycles. The molecule has 0 aliphatic carbocycles. The van der Waals surface area contributed by atoms with Crippen molar-refractivity contribution >= 4 is 21.9 Å². The zero-order valence-electron chi connectivity index (χ0n) is 20.2. The molecule has 0 radical (unpaired) electrons. The molecule has 0 spiro atoms. The summed E-state index contributed by atoms with van der Waals surface area (Å²) in [6.45, 7) is 3.16. The molecule has 36 heavy (non-hydrogen) atoms. The SMILES string of the molecule is CCC(c1ccccc1)N(Cc1ccc(C(=O)N[C@@H](CO)C(=O)O)cc1)S(=O)(=O)c1ccc(C)cc1. The van der Waals surface area contributed by atoms with E-state index in [1.54, 1.807) is 36.4 Å². The summed E-state index contributed by atoms with van der Waals surface area (Å²) < 4.78 is 29.1. The Kier molecular flexibility index (Phi) is 8.98. The molecule has 0 bridgehead atoms. The van der Waals surface area contributed by atoms with Gasteiger partial charge in [0.1, 0.15) is 0 Å². The van der Waals surface area contributed by atoms with Crippen LogP contribution in [0.4, 0.5) is 0 Å². The van der Waals surface area contributed by atoms with E-state index >= 15 is 0 Å². The molecule has 0 aliphatic rings. The van der Waals surface area contributed by atoms with Crippen LogP contribution >= 0.6 is 0 Å². The Bertz CT molecular complexity index is 1280. The summed E-state index contributed by atoms with van der Waals surface area (Å²) in [5.41, 5.74) is 2.68. The van der Waals surface area contributed by atoms with Gasteiger partial charge in [-0.15, -0.1) is 0 Å². The predicted molar refractivity (Wildman–Crippen MR) is 136 cm³/mol. The number of hydrogen-bond donors (Lipinski definition) is 3. The van der Waals surface area contributed by atoms with Crippen LogP contribution in [0.1, 0.15) is 46.4 Å². The zero-order chi connectivity index (χ0) is 26.3. The van der Waals surface area contributed by atoms with Crippen molar-refractivity contribution in [3.63, 3.8) is 0 Å². The van der Waals surface area contributed by atoms with E-state index in [9.17, 15) is 18.0 Å². The van der Waals surface area contributed by atoms with Gasteiger partial charge in [-0.25, -0.2) is 13.2 Å². The van der Waals surface area contributed by atoms with E-state index in [-0.39, 0.29) is 17.0 Å². The normalized spacial score (nSPS) is 13.2. The van der Waals surface area contributed by atoms with Gasteiger partial charge in [0, 0.05) is 12.1 Å². The lowest BCUT2D eigenvalue weighted by atomic mass is 10.0. The summed E-state index contributed by atoms with van der Waals surface area (Å²) >= 11 is 0. The summed E-state index contributed by atoms with van der Waals surface area (Å²) in [4.78, 5) is 23.6. The van der Waals surface area contributed by atoms with E-state index in [4.69, 9.17) is 10.2 Å². The van der Waals surface area contributed by atoms with Crippen molar-refractivity contribution in [3.8, 4) is 0 Å². The van der Waals surface area contributed by atoms with Crippen LogP contribution in [0.15, 0.2) is 83.8 Å². The summed E-state index contributed by atoms with van der Waals surface area (Å²) in [7, 11) is -3.87. The summed E-state index contributed by atoms with van der Waals surface area (Å²) in [5, 5.41) is 20.4. The molecule has 0 heterocycles. The molecule has 0 saturated carbocycles. The van der Waals surface area contributed by atoms with E-state index in [2.05, 4.69) is 5.32 Å². The monoisotopic (exact) mass is 510 g/mol. The Morgan fingerprint density at radius 3 is 2.08 bits per heavy atom. The van der Waals surface area contributed by atoms with Crippen molar-refractivity contribution in [3.05, 3.63) is 101 Å². The smallest absolute Gasteiger partial charge is 0.328 e. The summed E-state index contributed by atoms with van der Waals surface area (Å²) in [6.07, 6.45) is 0.549. The molecule has 0 saturated heterocycles. The van der Waals surface area contributed by atoms with Gasteiger partial charge in [0.2, 0.25) is 10.0 Å². The van der Waals surface area contributed by atoms with Crippen molar-refractivity contribution < 1.29 is 28.2 Å². The lowest BCUT2D eigenvalue weighted by Crippen LogP contribution is -2.43. The minimum atomic E-state index is -3.87. The molecule has 9 heteroatoms. The first-order valence-corrected chi connectivity index (χ1v) is 13.0. The molecule has 0 aromatic heterocycles. The molecular weight excluding hydrogens is 480 g/mol. The minimum absolute atomic E-state index is 0.0693. The van der Waals surface area contributed by atoms with Crippen molar-refractivity contribution in [2.24, 2.45) is 0 Å². The first-order valence-electron chi connectivity index (χ1n) is 11.5. The lowest BCUT2D eigenvalue weighted by molar-refractivity contribution is -0.140. The Hall–Kier alpha value is -3.53. The van der Waals surface area contributed by atoms with E-state index < -0.39 is 40.6 Å². The highest BCUT2D eigenvalue weighted by molar-refractivity contribution is 7.89. The number of aliphatic hydroxyl groups is 1. The standard InChI is InChI=1S/C27H30N2O6S/c1-3-25(21-7-5-4-6-8-21)29(36(34,35)23-15-9-19(2)10-16-23)17-20-11-13-22(14-12-20)26(31)28-24(18-30)27(32)33/h4-16,24-25,30H,3,17-18H2,1-2H3,(H,28,31)(H,32,33)/t24-,25?/m0/s1. The number of hydrogen-bond acceptors (Lipinski definition) is 5. The third-order valence-electron chi connectivity index (χ3n) is 5.89. The number of aliphatic hydroxyl groups excluding tert-OH is 1. The van der Waals surface area contributed by atoms with Crippen molar-refractivity contribution in [2.75, 3.05) is 6.61 Å². The minimum Gasteiger partial charge on any atom is -0.480 e. The topological polar surface area (TPSA) is 124 Å². The quantitative estimate of drug-likeness (QED) is 0.363. The molecule has 1 amide bonds. The predicted octanol–water partition coefficient (Wildman–Crippen LogP) is 3.51. The first kappa shape index (κ1) is 27.1. The third kappa shape index (κ3) is 6.37. The molecule has 2 atom stereocenters. The molecular formula is C27H30N2O6S. The molecule has 0 fully saturated rings. The van der Waals surface area contributed by atoms with Crippen molar-refractivity contribution in [1.82, 2.24) is 9.62 Å². The van der Waals surface area contributed by atoms with Crippen LogP contribution in [-0.2, 0) is 21.4 Å². The third-order valence-corrected chi connectivity index (χ3v) is 7.76. The number of aryl methyl sites for hydroxylation is 1. The van der Waals surface area contributed by atoms with E-state index in [1.165, 1.54) is 16.4 Å². The average Bonchev–Trinajstić information content (AvgIpc) is 2.88. The van der Waals surface area contributed by atoms with Gasteiger partial charge < -0.3 is 15.5 Å². The van der Waals surface area contributed by atoms with E-state index in [1.807, 2.05) is 44.2 Å². The number of carboxylic acid groups (broad SMARTS) is 1. The maximum absolute atomic E-state index is 13.8. The number of carboxylic acids is 1. The number of amides is 1. The number of aliphatic carboxylic acids is 1. The van der Waals surface area contributed by atoms with Crippen LogP contribution in [0.2, 0.25) is 0 Å². The molecule has 3 N–H and O–H groups in total. The second-order valence-electron chi connectivity index (χ2n) is 8.44. The fourth-order valence-electron chi connectivity index (χ4n) is 3.86. The van der Waals surface area contributed by atoms with Crippen LogP contribution in [0, 0.1) is 6.92 Å². The average molecular weight is 511 g/mol. The Morgan fingerprint density at radius 2 is 1.56 bits per heavy atom. The highest BCUT2D eigenvalue weighted by Crippen LogP contribution is 2.32. The number of carbonyl (C=O) groups is 2. The maximum atomic E-state index is 13.8. The maximum Gasteiger partial charge on any atom is 0.328 e. The summed E-state index contributed by atoms with van der Waals surface area (Å²) in [5.74, 6) is -1.99. The van der Waals surface area contributed by atoms with E-state index in [0.29, 0.717) is 12.0 Å². The van der Waals surface area contributed by atoms with Gasteiger partial charge in [0.05, 0.1) is 17.5 Å². The zero-order valence-corrected chi connectivity index (χ0v) is 21.0. The Morgan fingerprint density at radius 1 is 0.944 bits per heavy atom.